The minimum absolute atomic E-state index is 0.0630. The Morgan fingerprint density at radius 1 is 1.38 bits per heavy atom. The molecule has 86 valence electrons. The molecule has 1 aliphatic carbocycles. The number of hydrogen-bond donors (Lipinski definition) is 1. The Balaban J connectivity index is 2.37. The molecule has 0 bridgehead atoms. The smallest absolute Gasteiger partial charge is 0.287 e. The summed E-state index contributed by atoms with van der Waals surface area (Å²) >= 11 is 5.87. The van der Waals surface area contributed by atoms with Gasteiger partial charge in [-0.25, -0.2) is 0 Å². The zero-order chi connectivity index (χ0) is 11.8. The van der Waals surface area contributed by atoms with Gasteiger partial charge < -0.3 is 5.73 Å². The molecule has 0 spiro atoms. The molecule has 1 saturated carbocycles. The standard InChI is InChI=1S/C11H13ClN2O2/c12-9-7-8(3-4-10(9)14(15)16)11(13)5-1-2-6-11/h3-4,7H,1-2,5-6,13H2. The Labute approximate surface area is 98.5 Å². The number of halogens is 1. The molecule has 1 aliphatic rings. The highest BCUT2D eigenvalue weighted by atomic mass is 35.5. The lowest BCUT2D eigenvalue weighted by Gasteiger charge is -2.24. The first-order valence-corrected chi connectivity index (χ1v) is 5.64. The summed E-state index contributed by atoms with van der Waals surface area (Å²) < 4.78 is 0. The molecule has 1 aromatic rings. The van der Waals surface area contributed by atoms with Crippen LogP contribution in [0, 0.1) is 10.1 Å². The van der Waals surface area contributed by atoms with Gasteiger partial charge in [-0.3, -0.25) is 10.1 Å². The topological polar surface area (TPSA) is 69.2 Å². The van der Waals surface area contributed by atoms with Gasteiger partial charge in [0.1, 0.15) is 5.02 Å². The van der Waals surface area contributed by atoms with Gasteiger partial charge in [0.05, 0.1) is 4.92 Å². The molecule has 1 fully saturated rings. The zero-order valence-electron chi connectivity index (χ0n) is 8.78. The summed E-state index contributed by atoms with van der Waals surface area (Å²) in [4.78, 5) is 10.1. The first kappa shape index (κ1) is 11.4. The highest BCUT2D eigenvalue weighted by Gasteiger charge is 2.32. The van der Waals surface area contributed by atoms with Crippen LogP contribution in [0.3, 0.4) is 0 Å². The van der Waals surface area contributed by atoms with E-state index in [1.807, 2.05) is 0 Å². The Bertz CT molecular complexity index is 428. The van der Waals surface area contributed by atoms with Gasteiger partial charge in [-0.2, -0.15) is 0 Å². The van der Waals surface area contributed by atoms with E-state index in [0.717, 1.165) is 31.2 Å². The van der Waals surface area contributed by atoms with Crippen LogP contribution < -0.4 is 5.73 Å². The van der Waals surface area contributed by atoms with Crippen LogP contribution in [-0.4, -0.2) is 4.92 Å². The molecule has 0 saturated heterocycles. The van der Waals surface area contributed by atoms with Crippen LogP contribution in [0.4, 0.5) is 5.69 Å². The highest BCUT2D eigenvalue weighted by Crippen LogP contribution is 2.38. The lowest BCUT2D eigenvalue weighted by Crippen LogP contribution is -2.32. The van der Waals surface area contributed by atoms with Gasteiger partial charge in [-0.15, -0.1) is 0 Å². The van der Waals surface area contributed by atoms with Crippen LogP contribution in [0.5, 0.6) is 0 Å². The summed E-state index contributed by atoms with van der Waals surface area (Å²) in [5.41, 5.74) is 6.74. The van der Waals surface area contributed by atoms with E-state index in [1.54, 1.807) is 12.1 Å². The summed E-state index contributed by atoms with van der Waals surface area (Å²) in [7, 11) is 0. The van der Waals surface area contributed by atoms with E-state index in [2.05, 4.69) is 0 Å². The molecule has 0 atom stereocenters. The Hall–Kier alpha value is -1.13. The van der Waals surface area contributed by atoms with E-state index in [4.69, 9.17) is 17.3 Å². The molecule has 2 N–H and O–H groups in total. The average molecular weight is 241 g/mol. The molecule has 0 radical (unpaired) electrons. The fourth-order valence-corrected chi connectivity index (χ4v) is 2.51. The molecule has 4 nitrogen and oxygen atoms in total. The first-order valence-electron chi connectivity index (χ1n) is 5.26. The van der Waals surface area contributed by atoms with Crippen LogP contribution in [0.25, 0.3) is 0 Å². The summed E-state index contributed by atoms with van der Waals surface area (Å²) in [6, 6.07) is 4.78. The van der Waals surface area contributed by atoms with Gasteiger partial charge >= 0.3 is 0 Å². The molecule has 5 heteroatoms. The van der Waals surface area contributed by atoms with Crippen molar-refractivity contribution in [2.45, 2.75) is 31.2 Å². The molecule has 0 heterocycles. The van der Waals surface area contributed by atoms with Crippen molar-refractivity contribution < 1.29 is 4.92 Å². The summed E-state index contributed by atoms with van der Waals surface area (Å²) in [5.74, 6) is 0. The quantitative estimate of drug-likeness (QED) is 0.638. The SMILES string of the molecule is NC1(c2ccc([N+](=O)[O-])c(Cl)c2)CCCC1. The van der Waals surface area contributed by atoms with E-state index in [1.165, 1.54) is 6.07 Å². The lowest BCUT2D eigenvalue weighted by molar-refractivity contribution is -0.384. The fraction of sp³-hybridized carbons (Fsp3) is 0.455. The van der Waals surface area contributed by atoms with Gasteiger partial charge in [0.2, 0.25) is 0 Å². The Morgan fingerprint density at radius 2 is 2.00 bits per heavy atom. The molecular weight excluding hydrogens is 228 g/mol. The van der Waals surface area contributed by atoms with Crippen molar-refractivity contribution in [1.29, 1.82) is 0 Å². The minimum atomic E-state index is -0.482. The van der Waals surface area contributed by atoms with E-state index < -0.39 is 4.92 Å². The molecule has 1 aromatic carbocycles. The number of nitrogens with zero attached hydrogens (tertiary/aromatic N) is 1. The van der Waals surface area contributed by atoms with Crippen molar-refractivity contribution in [3.05, 3.63) is 38.9 Å². The van der Waals surface area contributed by atoms with Gasteiger partial charge in [-0.1, -0.05) is 30.5 Å². The molecule has 2 rings (SSSR count). The third-order valence-corrected chi connectivity index (χ3v) is 3.52. The van der Waals surface area contributed by atoms with Crippen molar-refractivity contribution >= 4 is 17.3 Å². The van der Waals surface area contributed by atoms with Gasteiger partial charge in [0.15, 0.2) is 0 Å². The van der Waals surface area contributed by atoms with Crippen LogP contribution in [0.1, 0.15) is 31.2 Å². The largest absolute Gasteiger partial charge is 0.321 e. The van der Waals surface area contributed by atoms with Crippen molar-refractivity contribution in [2.75, 3.05) is 0 Å². The Morgan fingerprint density at radius 3 is 2.50 bits per heavy atom. The molecule has 0 aromatic heterocycles. The molecule has 16 heavy (non-hydrogen) atoms. The third-order valence-electron chi connectivity index (χ3n) is 3.22. The van der Waals surface area contributed by atoms with E-state index in [9.17, 15) is 10.1 Å². The van der Waals surface area contributed by atoms with Gasteiger partial charge in [0.25, 0.3) is 5.69 Å². The summed E-state index contributed by atoms with van der Waals surface area (Å²) in [6.45, 7) is 0. The van der Waals surface area contributed by atoms with Crippen molar-refractivity contribution in [3.8, 4) is 0 Å². The van der Waals surface area contributed by atoms with Gasteiger partial charge in [-0.05, 0) is 24.5 Å². The van der Waals surface area contributed by atoms with E-state index in [-0.39, 0.29) is 16.2 Å². The lowest BCUT2D eigenvalue weighted by atomic mass is 9.89. The predicted molar refractivity (Wildman–Crippen MR) is 62.4 cm³/mol. The van der Waals surface area contributed by atoms with Crippen LogP contribution in [0.2, 0.25) is 5.02 Å². The van der Waals surface area contributed by atoms with Crippen molar-refractivity contribution in [1.82, 2.24) is 0 Å². The second kappa shape index (κ2) is 4.03. The number of benzene rings is 1. The average Bonchev–Trinajstić information content (AvgIpc) is 2.66. The number of rotatable bonds is 2. The number of nitro benzene ring substituents is 1. The van der Waals surface area contributed by atoms with E-state index in [0.29, 0.717) is 0 Å². The second-order valence-corrected chi connectivity index (χ2v) is 4.69. The van der Waals surface area contributed by atoms with Crippen molar-refractivity contribution in [3.63, 3.8) is 0 Å². The zero-order valence-corrected chi connectivity index (χ0v) is 9.54. The minimum Gasteiger partial charge on any atom is -0.321 e. The molecule has 0 amide bonds. The van der Waals surface area contributed by atoms with Crippen molar-refractivity contribution in [2.24, 2.45) is 5.73 Å². The molecule has 0 aliphatic heterocycles. The Kier molecular flexibility index (Phi) is 2.86. The monoisotopic (exact) mass is 240 g/mol. The maximum Gasteiger partial charge on any atom is 0.287 e. The molecular formula is C11H13ClN2O2. The maximum atomic E-state index is 10.6. The van der Waals surface area contributed by atoms with Crippen LogP contribution >= 0.6 is 11.6 Å². The van der Waals surface area contributed by atoms with Crippen LogP contribution in [-0.2, 0) is 5.54 Å². The van der Waals surface area contributed by atoms with E-state index >= 15 is 0 Å². The maximum absolute atomic E-state index is 10.6. The summed E-state index contributed by atoms with van der Waals surface area (Å²) in [6.07, 6.45) is 4.04. The molecule has 0 unspecified atom stereocenters. The number of nitrogens with two attached hydrogens (primary N) is 1. The number of nitro groups is 1. The fourth-order valence-electron chi connectivity index (χ4n) is 2.26. The highest BCUT2D eigenvalue weighted by molar-refractivity contribution is 6.32. The summed E-state index contributed by atoms with van der Waals surface area (Å²) in [5, 5.41) is 10.8. The number of hydrogen-bond acceptors (Lipinski definition) is 3. The first-order chi connectivity index (χ1) is 7.53. The van der Waals surface area contributed by atoms with Gasteiger partial charge in [0, 0.05) is 11.6 Å². The third kappa shape index (κ3) is 1.90. The normalized spacial score (nSPS) is 18.6. The van der Waals surface area contributed by atoms with Crippen LogP contribution in [0.15, 0.2) is 18.2 Å². The predicted octanol–water partition coefficient (Wildman–Crippen LogP) is 2.98. The second-order valence-electron chi connectivity index (χ2n) is 4.29.